The number of hydrogen-bond acceptors (Lipinski definition) is 4. The number of rotatable bonds is 5. The number of para-hydroxylation sites is 1. The molecule has 4 rings (SSSR count). The van der Waals surface area contributed by atoms with E-state index in [1.807, 2.05) is 43.3 Å². The highest BCUT2D eigenvalue weighted by atomic mass is 16.5. The zero-order chi connectivity index (χ0) is 19.5. The van der Waals surface area contributed by atoms with E-state index >= 15 is 0 Å². The minimum Gasteiger partial charge on any atom is -0.452 e. The number of anilines is 2. The molecule has 144 valence electrons. The second kappa shape index (κ2) is 7.76. The Labute approximate surface area is 163 Å². The number of hydrogen-bond donors (Lipinski definition) is 2. The average molecular weight is 377 g/mol. The van der Waals surface area contributed by atoms with Gasteiger partial charge in [0.05, 0.1) is 5.56 Å². The number of nitrogens with zero attached hydrogens (tertiary/aromatic N) is 1. The van der Waals surface area contributed by atoms with Crippen molar-refractivity contribution < 1.29 is 14.3 Å². The Balaban J connectivity index is 1.36. The van der Waals surface area contributed by atoms with Crippen LogP contribution in [0.3, 0.4) is 0 Å². The van der Waals surface area contributed by atoms with Crippen molar-refractivity contribution in [3.63, 3.8) is 0 Å². The minimum atomic E-state index is -0.520. The molecule has 6 heteroatoms. The molecule has 3 aromatic rings. The standard InChI is InChI=1S/C22H23N3O3/c1-15-12-16(25-10-4-5-11-25)8-9-19(15)24-21(26)14-28-22(27)18-13-23-20-7-3-2-6-17(18)20/h2-3,6-9,12-13,23H,4-5,10-11,14H2,1H3,(H,24,26). The Morgan fingerprint density at radius 1 is 1.14 bits per heavy atom. The number of fused-ring (bicyclic) bond motifs is 1. The zero-order valence-corrected chi connectivity index (χ0v) is 15.8. The van der Waals surface area contributed by atoms with Crippen LogP contribution >= 0.6 is 0 Å². The van der Waals surface area contributed by atoms with Crippen molar-refractivity contribution in [2.45, 2.75) is 19.8 Å². The van der Waals surface area contributed by atoms with Crippen LogP contribution in [0.2, 0.25) is 0 Å². The number of carbonyl (C=O) groups is 2. The van der Waals surface area contributed by atoms with Crippen LogP contribution in [0.15, 0.2) is 48.7 Å². The van der Waals surface area contributed by atoms with Gasteiger partial charge in [-0.05, 0) is 49.6 Å². The van der Waals surface area contributed by atoms with Crippen LogP contribution in [0.25, 0.3) is 10.9 Å². The lowest BCUT2D eigenvalue weighted by molar-refractivity contribution is -0.119. The molecule has 0 saturated carbocycles. The van der Waals surface area contributed by atoms with Gasteiger partial charge in [-0.1, -0.05) is 18.2 Å². The van der Waals surface area contributed by atoms with E-state index < -0.39 is 5.97 Å². The van der Waals surface area contributed by atoms with Gasteiger partial charge in [-0.2, -0.15) is 0 Å². The molecule has 0 radical (unpaired) electrons. The quantitative estimate of drug-likeness (QED) is 0.662. The zero-order valence-electron chi connectivity index (χ0n) is 15.8. The van der Waals surface area contributed by atoms with E-state index in [4.69, 9.17) is 4.74 Å². The maximum Gasteiger partial charge on any atom is 0.340 e. The molecule has 6 nitrogen and oxygen atoms in total. The number of nitrogens with one attached hydrogen (secondary N) is 2. The van der Waals surface area contributed by atoms with Crippen molar-refractivity contribution in [1.82, 2.24) is 4.98 Å². The van der Waals surface area contributed by atoms with Crippen LogP contribution in [-0.4, -0.2) is 36.6 Å². The van der Waals surface area contributed by atoms with E-state index in [2.05, 4.69) is 21.3 Å². The van der Waals surface area contributed by atoms with Gasteiger partial charge in [0.2, 0.25) is 0 Å². The highest BCUT2D eigenvalue weighted by Gasteiger charge is 2.16. The Hall–Kier alpha value is -3.28. The molecule has 0 bridgehead atoms. The highest BCUT2D eigenvalue weighted by Crippen LogP contribution is 2.25. The third-order valence-electron chi connectivity index (χ3n) is 5.10. The van der Waals surface area contributed by atoms with Crippen molar-refractivity contribution in [2.75, 3.05) is 29.9 Å². The van der Waals surface area contributed by atoms with Gasteiger partial charge in [0.1, 0.15) is 0 Å². The summed E-state index contributed by atoms with van der Waals surface area (Å²) in [5.74, 6) is -0.876. The van der Waals surface area contributed by atoms with Gasteiger partial charge in [-0.15, -0.1) is 0 Å². The SMILES string of the molecule is Cc1cc(N2CCCC2)ccc1NC(=O)COC(=O)c1c[nH]c2ccccc12. The van der Waals surface area contributed by atoms with Crippen LogP contribution in [0.5, 0.6) is 0 Å². The summed E-state index contributed by atoms with van der Waals surface area (Å²) in [4.78, 5) is 29.9. The Morgan fingerprint density at radius 2 is 1.93 bits per heavy atom. The fourth-order valence-corrected chi connectivity index (χ4v) is 3.60. The number of aromatic nitrogens is 1. The van der Waals surface area contributed by atoms with E-state index in [1.54, 1.807) is 6.20 Å². The largest absolute Gasteiger partial charge is 0.452 e. The van der Waals surface area contributed by atoms with Crippen molar-refractivity contribution >= 4 is 34.2 Å². The van der Waals surface area contributed by atoms with E-state index in [9.17, 15) is 9.59 Å². The molecule has 1 aliphatic heterocycles. The molecule has 28 heavy (non-hydrogen) atoms. The van der Waals surface area contributed by atoms with Gasteiger partial charge in [0, 0.05) is 41.6 Å². The van der Waals surface area contributed by atoms with E-state index in [0.29, 0.717) is 5.56 Å². The van der Waals surface area contributed by atoms with E-state index in [-0.39, 0.29) is 12.5 Å². The summed E-state index contributed by atoms with van der Waals surface area (Å²) < 4.78 is 5.19. The van der Waals surface area contributed by atoms with Crippen LogP contribution in [0.1, 0.15) is 28.8 Å². The number of H-pyrrole nitrogens is 1. The second-order valence-corrected chi connectivity index (χ2v) is 7.07. The summed E-state index contributed by atoms with van der Waals surface area (Å²) >= 11 is 0. The number of amides is 1. The predicted molar refractivity (Wildman–Crippen MR) is 110 cm³/mol. The van der Waals surface area contributed by atoms with Crippen LogP contribution < -0.4 is 10.2 Å². The molecule has 1 fully saturated rings. The first-order chi connectivity index (χ1) is 13.6. The molecule has 2 N–H and O–H groups in total. The van der Waals surface area contributed by atoms with Crippen molar-refractivity contribution in [2.24, 2.45) is 0 Å². The maximum absolute atomic E-state index is 12.3. The van der Waals surface area contributed by atoms with Crippen LogP contribution in [0, 0.1) is 6.92 Å². The first-order valence-electron chi connectivity index (χ1n) is 9.50. The summed E-state index contributed by atoms with van der Waals surface area (Å²) in [5, 5.41) is 3.60. The van der Waals surface area contributed by atoms with Crippen molar-refractivity contribution in [3.8, 4) is 0 Å². The maximum atomic E-state index is 12.3. The highest BCUT2D eigenvalue weighted by molar-refractivity contribution is 6.05. The lowest BCUT2D eigenvalue weighted by Crippen LogP contribution is -2.22. The molecule has 1 aromatic heterocycles. The molecule has 1 saturated heterocycles. The first kappa shape index (κ1) is 18.1. The molecule has 1 amide bonds. The van der Waals surface area contributed by atoms with Gasteiger partial charge in [0.25, 0.3) is 5.91 Å². The van der Waals surface area contributed by atoms with Gasteiger partial charge >= 0.3 is 5.97 Å². The Morgan fingerprint density at radius 3 is 2.71 bits per heavy atom. The summed E-state index contributed by atoms with van der Waals surface area (Å²) in [6.45, 7) is 3.79. The third-order valence-corrected chi connectivity index (χ3v) is 5.10. The number of ether oxygens (including phenoxy) is 1. The summed E-state index contributed by atoms with van der Waals surface area (Å²) in [7, 11) is 0. The van der Waals surface area contributed by atoms with Gasteiger partial charge < -0.3 is 19.9 Å². The molecule has 0 atom stereocenters. The smallest absolute Gasteiger partial charge is 0.340 e. The second-order valence-electron chi connectivity index (χ2n) is 7.07. The first-order valence-corrected chi connectivity index (χ1v) is 9.50. The van der Waals surface area contributed by atoms with Gasteiger partial charge in [0.15, 0.2) is 6.61 Å². The van der Waals surface area contributed by atoms with Crippen LogP contribution in [-0.2, 0) is 9.53 Å². The molecular weight excluding hydrogens is 354 g/mol. The Kier molecular flexibility index (Phi) is 5.02. The summed E-state index contributed by atoms with van der Waals surface area (Å²) in [5.41, 5.74) is 4.18. The van der Waals surface area contributed by atoms with Crippen molar-refractivity contribution in [1.29, 1.82) is 0 Å². The molecule has 0 spiro atoms. The molecule has 2 aromatic carbocycles. The molecule has 2 heterocycles. The monoisotopic (exact) mass is 377 g/mol. The predicted octanol–water partition coefficient (Wildman–Crippen LogP) is 3.87. The topological polar surface area (TPSA) is 74.4 Å². The number of aryl methyl sites for hydroxylation is 1. The summed E-state index contributed by atoms with van der Waals surface area (Å²) in [6.07, 6.45) is 4.05. The van der Waals surface area contributed by atoms with Gasteiger partial charge in [-0.3, -0.25) is 4.79 Å². The fourth-order valence-electron chi connectivity index (χ4n) is 3.60. The summed E-state index contributed by atoms with van der Waals surface area (Å²) in [6, 6.07) is 13.5. The number of carbonyl (C=O) groups excluding carboxylic acids is 2. The Bertz CT molecular complexity index is 1020. The number of aromatic amines is 1. The number of esters is 1. The molecule has 0 aliphatic carbocycles. The molecular formula is C22H23N3O3. The molecule has 1 aliphatic rings. The minimum absolute atomic E-state index is 0.328. The van der Waals surface area contributed by atoms with E-state index in [1.165, 1.54) is 18.5 Å². The fraction of sp³-hybridized carbons (Fsp3) is 0.273. The third kappa shape index (κ3) is 3.71. The normalized spacial score (nSPS) is 13.7. The lowest BCUT2D eigenvalue weighted by Gasteiger charge is -2.19. The molecule has 0 unspecified atom stereocenters. The number of benzene rings is 2. The van der Waals surface area contributed by atoms with Crippen LogP contribution in [0.4, 0.5) is 11.4 Å². The van der Waals surface area contributed by atoms with Gasteiger partial charge in [-0.25, -0.2) is 4.79 Å². The van der Waals surface area contributed by atoms with E-state index in [0.717, 1.165) is 35.2 Å². The van der Waals surface area contributed by atoms with Crippen molar-refractivity contribution in [3.05, 3.63) is 59.8 Å². The lowest BCUT2D eigenvalue weighted by atomic mass is 10.1. The average Bonchev–Trinajstić information content (AvgIpc) is 3.37.